The second-order valence-corrected chi connectivity index (χ2v) is 6.20. The van der Waals surface area contributed by atoms with E-state index >= 15 is 0 Å². The summed E-state index contributed by atoms with van der Waals surface area (Å²) in [5, 5.41) is 2.85. The van der Waals surface area contributed by atoms with Gasteiger partial charge in [0.2, 0.25) is 11.9 Å². The molecule has 2 aromatic carbocycles. The molecule has 0 saturated carbocycles. The summed E-state index contributed by atoms with van der Waals surface area (Å²) in [5.41, 5.74) is 2.79. The third-order valence-electron chi connectivity index (χ3n) is 4.12. The molecule has 1 heterocycles. The van der Waals surface area contributed by atoms with Gasteiger partial charge in [-0.1, -0.05) is 60.2 Å². The van der Waals surface area contributed by atoms with E-state index in [2.05, 4.69) is 5.32 Å². The van der Waals surface area contributed by atoms with Crippen LogP contribution in [0.5, 0.6) is 0 Å². The standard InChI is InChI=1S/C22H21NO4/c1-16-9-11-18(12-10-16)20(27-22(25)19-8-5-15-26-19)21(24)23-14-13-17-6-3-2-4-7-17/h2-12,15,20H,13-14H2,1H3,(H,23,24). The molecule has 1 aromatic heterocycles. The molecule has 0 aliphatic heterocycles. The molecule has 0 bridgehead atoms. The fraction of sp³-hybridized carbons (Fsp3) is 0.182. The molecule has 3 rings (SSSR count). The second-order valence-electron chi connectivity index (χ2n) is 6.20. The zero-order chi connectivity index (χ0) is 19.1. The van der Waals surface area contributed by atoms with Gasteiger partial charge in [-0.15, -0.1) is 0 Å². The van der Waals surface area contributed by atoms with E-state index < -0.39 is 12.1 Å². The van der Waals surface area contributed by atoms with Crippen LogP contribution in [0.3, 0.4) is 0 Å². The van der Waals surface area contributed by atoms with Crippen molar-refractivity contribution in [3.05, 3.63) is 95.4 Å². The number of hydrogen-bond acceptors (Lipinski definition) is 4. The van der Waals surface area contributed by atoms with Gasteiger partial charge in [-0.25, -0.2) is 4.79 Å². The van der Waals surface area contributed by atoms with E-state index in [0.717, 1.165) is 11.1 Å². The summed E-state index contributed by atoms with van der Waals surface area (Å²) in [7, 11) is 0. The summed E-state index contributed by atoms with van der Waals surface area (Å²) < 4.78 is 10.5. The molecule has 138 valence electrons. The molecule has 1 N–H and O–H groups in total. The minimum absolute atomic E-state index is 0.0594. The van der Waals surface area contributed by atoms with Crippen LogP contribution >= 0.6 is 0 Å². The van der Waals surface area contributed by atoms with Gasteiger partial charge < -0.3 is 14.5 Å². The van der Waals surface area contributed by atoms with Gasteiger partial charge in [-0.05, 0) is 31.0 Å². The number of rotatable bonds is 7. The molecule has 0 radical (unpaired) electrons. The normalized spacial score (nSPS) is 11.6. The molecule has 0 saturated heterocycles. The molecule has 5 heteroatoms. The lowest BCUT2D eigenvalue weighted by Crippen LogP contribution is -2.33. The van der Waals surface area contributed by atoms with Crippen molar-refractivity contribution < 1.29 is 18.7 Å². The summed E-state index contributed by atoms with van der Waals surface area (Å²) in [6, 6.07) is 20.3. The first kappa shape index (κ1) is 18.5. The second kappa shape index (κ2) is 8.85. The van der Waals surface area contributed by atoms with Gasteiger partial charge in [0, 0.05) is 12.1 Å². The first-order valence-electron chi connectivity index (χ1n) is 8.76. The Kier molecular flexibility index (Phi) is 6.05. The lowest BCUT2D eigenvalue weighted by molar-refractivity contribution is -0.130. The van der Waals surface area contributed by atoms with Crippen molar-refractivity contribution in [3.63, 3.8) is 0 Å². The van der Waals surface area contributed by atoms with Crippen LogP contribution in [0, 0.1) is 6.92 Å². The van der Waals surface area contributed by atoms with E-state index in [9.17, 15) is 9.59 Å². The number of esters is 1. The van der Waals surface area contributed by atoms with Gasteiger partial charge in [0.05, 0.1) is 6.26 Å². The Morgan fingerprint density at radius 3 is 2.41 bits per heavy atom. The maximum Gasteiger partial charge on any atom is 0.375 e. The number of benzene rings is 2. The molecule has 5 nitrogen and oxygen atoms in total. The van der Waals surface area contributed by atoms with E-state index in [1.165, 1.54) is 12.3 Å². The van der Waals surface area contributed by atoms with Crippen LogP contribution in [0.1, 0.15) is 33.3 Å². The molecule has 0 aliphatic rings. The molecular formula is C22H21NO4. The van der Waals surface area contributed by atoms with Crippen LogP contribution in [0.4, 0.5) is 0 Å². The minimum Gasteiger partial charge on any atom is -0.457 e. The largest absolute Gasteiger partial charge is 0.457 e. The Balaban J connectivity index is 1.69. The summed E-state index contributed by atoms with van der Waals surface area (Å²) in [6.45, 7) is 2.40. The Bertz CT molecular complexity index is 870. The predicted molar refractivity (Wildman–Crippen MR) is 101 cm³/mol. The first-order valence-corrected chi connectivity index (χ1v) is 8.76. The Labute approximate surface area is 158 Å². The van der Waals surface area contributed by atoms with E-state index in [-0.39, 0.29) is 11.7 Å². The molecule has 0 fully saturated rings. The SMILES string of the molecule is Cc1ccc(C(OC(=O)c2ccco2)C(=O)NCCc2ccccc2)cc1. The highest BCUT2D eigenvalue weighted by Crippen LogP contribution is 2.20. The summed E-state index contributed by atoms with van der Waals surface area (Å²) in [5.74, 6) is -0.984. The molecular weight excluding hydrogens is 342 g/mol. The van der Waals surface area contributed by atoms with Crippen LogP contribution in [0.15, 0.2) is 77.4 Å². The Morgan fingerprint density at radius 2 is 1.74 bits per heavy atom. The fourth-order valence-electron chi connectivity index (χ4n) is 2.64. The Hall–Kier alpha value is -3.34. The van der Waals surface area contributed by atoms with E-state index in [4.69, 9.17) is 9.15 Å². The van der Waals surface area contributed by atoms with Gasteiger partial charge in [0.15, 0.2) is 0 Å². The average molecular weight is 363 g/mol. The number of aryl methyl sites for hydroxylation is 1. The number of ether oxygens (including phenoxy) is 1. The molecule has 3 aromatic rings. The van der Waals surface area contributed by atoms with Crippen molar-refractivity contribution in [3.8, 4) is 0 Å². The van der Waals surface area contributed by atoms with Crippen LogP contribution in [-0.2, 0) is 16.0 Å². The smallest absolute Gasteiger partial charge is 0.375 e. The zero-order valence-corrected chi connectivity index (χ0v) is 15.1. The van der Waals surface area contributed by atoms with Crippen molar-refractivity contribution in [1.29, 1.82) is 0 Å². The van der Waals surface area contributed by atoms with Crippen molar-refractivity contribution in [2.24, 2.45) is 0 Å². The molecule has 1 atom stereocenters. The zero-order valence-electron chi connectivity index (χ0n) is 15.1. The number of carbonyl (C=O) groups is 2. The fourth-order valence-corrected chi connectivity index (χ4v) is 2.64. The third-order valence-corrected chi connectivity index (χ3v) is 4.12. The topological polar surface area (TPSA) is 68.5 Å². The highest BCUT2D eigenvalue weighted by atomic mass is 16.6. The number of hydrogen-bond donors (Lipinski definition) is 1. The quantitative estimate of drug-likeness (QED) is 0.648. The summed E-state index contributed by atoms with van der Waals surface area (Å²) in [6.07, 6.45) is 1.04. The minimum atomic E-state index is -1.04. The van der Waals surface area contributed by atoms with Crippen molar-refractivity contribution in [1.82, 2.24) is 5.32 Å². The number of nitrogens with one attached hydrogen (secondary N) is 1. The predicted octanol–water partition coefficient (Wildman–Crippen LogP) is 3.85. The maximum atomic E-state index is 12.7. The summed E-state index contributed by atoms with van der Waals surface area (Å²) >= 11 is 0. The molecule has 0 aliphatic carbocycles. The lowest BCUT2D eigenvalue weighted by atomic mass is 10.1. The van der Waals surface area contributed by atoms with Crippen LogP contribution < -0.4 is 5.32 Å². The third kappa shape index (κ3) is 5.07. The van der Waals surface area contributed by atoms with Gasteiger partial charge in [0.25, 0.3) is 5.91 Å². The lowest BCUT2D eigenvalue weighted by Gasteiger charge is -2.18. The highest BCUT2D eigenvalue weighted by molar-refractivity contribution is 5.90. The number of furan rings is 1. The molecule has 1 amide bonds. The monoisotopic (exact) mass is 363 g/mol. The van der Waals surface area contributed by atoms with Gasteiger partial charge in [0.1, 0.15) is 0 Å². The van der Waals surface area contributed by atoms with Gasteiger partial charge in [-0.2, -0.15) is 0 Å². The molecule has 1 unspecified atom stereocenters. The first-order chi connectivity index (χ1) is 13.1. The van der Waals surface area contributed by atoms with Crippen LogP contribution in [0.2, 0.25) is 0 Å². The van der Waals surface area contributed by atoms with Crippen molar-refractivity contribution >= 4 is 11.9 Å². The van der Waals surface area contributed by atoms with E-state index in [0.29, 0.717) is 18.5 Å². The van der Waals surface area contributed by atoms with Gasteiger partial charge >= 0.3 is 5.97 Å². The summed E-state index contributed by atoms with van der Waals surface area (Å²) in [4.78, 5) is 25.0. The van der Waals surface area contributed by atoms with Gasteiger partial charge in [-0.3, -0.25) is 4.79 Å². The number of carbonyl (C=O) groups excluding carboxylic acids is 2. The Morgan fingerprint density at radius 1 is 1.00 bits per heavy atom. The molecule has 27 heavy (non-hydrogen) atoms. The maximum absolute atomic E-state index is 12.7. The van der Waals surface area contributed by atoms with E-state index in [1.807, 2.05) is 49.4 Å². The average Bonchev–Trinajstić information content (AvgIpc) is 3.22. The number of amides is 1. The highest BCUT2D eigenvalue weighted by Gasteiger charge is 2.26. The van der Waals surface area contributed by atoms with Crippen LogP contribution in [0.25, 0.3) is 0 Å². The van der Waals surface area contributed by atoms with E-state index in [1.54, 1.807) is 18.2 Å². The van der Waals surface area contributed by atoms with Crippen LogP contribution in [-0.4, -0.2) is 18.4 Å². The van der Waals surface area contributed by atoms with Crippen molar-refractivity contribution in [2.75, 3.05) is 6.54 Å². The molecule has 0 spiro atoms. The van der Waals surface area contributed by atoms with Crippen molar-refractivity contribution in [2.45, 2.75) is 19.4 Å².